The number of hydrogen-bond donors (Lipinski definition) is 1. The SMILES string of the molecule is Cc1nn(C)c(-n2ccnc2C)c1C(=O)Nc1nncn1C1CC1. The minimum Gasteiger partial charge on any atom is -0.297 e. The van der Waals surface area contributed by atoms with Crippen LogP contribution in [-0.4, -0.2) is 40.0 Å². The number of aromatic nitrogens is 7. The second-order valence-electron chi connectivity index (χ2n) is 6.00. The first-order valence-corrected chi connectivity index (χ1v) is 7.81. The minimum absolute atomic E-state index is 0.251. The van der Waals surface area contributed by atoms with Crippen LogP contribution in [0.5, 0.6) is 0 Å². The Kier molecular flexibility index (Phi) is 3.22. The van der Waals surface area contributed by atoms with Crippen molar-refractivity contribution in [2.24, 2.45) is 7.05 Å². The summed E-state index contributed by atoms with van der Waals surface area (Å²) in [5.74, 6) is 1.68. The van der Waals surface area contributed by atoms with Gasteiger partial charge in [0.05, 0.1) is 5.69 Å². The molecule has 9 heteroatoms. The van der Waals surface area contributed by atoms with Gasteiger partial charge in [0.15, 0.2) is 0 Å². The van der Waals surface area contributed by atoms with Crippen molar-refractivity contribution in [3.63, 3.8) is 0 Å². The number of amides is 1. The molecule has 1 aliphatic carbocycles. The molecule has 3 heterocycles. The number of nitrogens with one attached hydrogen (secondary N) is 1. The zero-order valence-corrected chi connectivity index (χ0v) is 13.8. The van der Waals surface area contributed by atoms with Crippen molar-refractivity contribution in [1.29, 1.82) is 0 Å². The predicted octanol–water partition coefficient (Wildman–Crippen LogP) is 1.40. The second-order valence-corrected chi connectivity index (χ2v) is 6.00. The Labute approximate surface area is 138 Å². The smallest absolute Gasteiger partial charge is 0.263 e. The van der Waals surface area contributed by atoms with E-state index in [-0.39, 0.29) is 5.91 Å². The maximum Gasteiger partial charge on any atom is 0.263 e. The van der Waals surface area contributed by atoms with E-state index >= 15 is 0 Å². The van der Waals surface area contributed by atoms with Crippen molar-refractivity contribution >= 4 is 11.9 Å². The third-order valence-corrected chi connectivity index (χ3v) is 4.21. The van der Waals surface area contributed by atoms with Crippen LogP contribution >= 0.6 is 0 Å². The molecule has 1 aliphatic rings. The maximum atomic E-state index is 12.9. The number of hydrogen-bond acceptors (Lipinski definition) is 5. The highest BCUT2D eigenvalue weighted by atomic mass is 16.2. The lowest BCUT2D eigenvalue weighted by molar-refractivity contribution is 0.102. The molecule has 3 aromatic rings. The molecule has 3 aromatic heterocycles. The molecule has 0 bridgehead atoms. The first kappa shape index (κ1) is 14.6. The van der Waals surface area contributed by atoms with Gasteiger partial charge in [0.2, 0.25) is 5.95 Å². The molecule has 0 unspecified atom stereocenters. The van der Waals surface area contributed by atoms with Gasteiger partial charge in [-0.15, -0.1) is 10.2 Å². The molecular formula is C15H18N8O. The van der Waals surface area contributed by atoms with Crippen LogP contribution in [0.1, 0.15) is 40.8 Å². The highest BCUT2D eigenvalue weighted by molar-refractivity contribution is 6.06. The Bertz CT molecular complexity index is 914. The summed E-state index contributed by atoms with van der Waals surface area (Å²) in [5.41, 5.74) is 1.15. The van der Waals surface area contributed by atoms with Crippen molar-refractivity contribution in [1.82, 2.24) is 34.1 Å². The van der Waals surface area contributed by atoms with Gasteiger partial charge in [0.1, 0.15) is 23.5 Å². The molecule has 1 N–H and O–H groups in total. The van der Waals surface area contributed by atoms with Crippen LogP contribution in [0.4, 0.5) is 5.95 Å². The van der Waals surface area contributed by atoms with E-state index in [1.54, 1.807) is 17.2 Å². The van der Waals surface area contributed by atoms with E-state index in [4.69, 9.17) is 0 Å². The van der Waals surface area contributed by atoms with Crippen LogP contribution in [0.25, 0.3) is 5.82 Å². The maximum absolute atomic E-state index is 12.9. The summed E-state index contributed by atoms with van der Waals surface area (Å²) in [5, 5.41) is 15.2. The van der Waals surface area contributed by atoms with Crippen molar-refractivity contribution in [2.75, 3.05) is 5.32 Å². The molecule has 24 heavy (non-hydrogen) atoms. The van der Waals surface area contributed by atoms with Crippen LogP contribution in [0, 0.1) is 13.8 Å². The summed E-state index contributed by atoms with van der Waals surface area (Å²) in [6, 6.07) is 0.389. The molecule has 1 amide bonds. The lowest BCUT2D eigenvalue weighted by atomic mass is 10.2. The Morgan fingerprint density at radius 2 is 2.12 bits per heavy atom. The number of anilines is 1. The Hall–Kier alpha value is -2.97. The number of rotatable bonds is 4. The molecule has 0 aromatic carbocycles. The Morgan fingerprint density at radius 1 is 1.33 bits per heavy atom. The van der Waals surface area contributed by atoms with Crippen LogP contribution < -0.4 is 5.32 Å². The van der Waals surface area contributed by atoms with Gasteiger partial charge in [0.25, 0.3) is 5.91 Å². The van der Waals surface area contributed by atoms with E-state index in [0.29, 0.717) is 29.1 Å². The summed E-state index contributed by atoms with van der Waals surface area (Å²) in [6.45, 7) is 3.70. The molecule has 1 saturated carbocycles. The predicted molar refractivity (Wildman–Crippen MR) is 86.1 cm³/mol. The van der Waals surface area contributed by atoms with Gasteiger partial charge < -0.3 is 0 Å². The topological polar surface area (TPSA) is 95.4 Å². The third-order valence-electron chi connectivity index (χ3n) is 4.21. The van der Waals surface area contributed by atoms with Crippen LogP contribution in [0.15, 0.2) is 18.7 Å². The summed E-state index contributed by atoms with van der Waals surface area (Å²) >= 11 is 0. The van der Waals surface area contributed by atoms with Gasteiger partial charge in [0, 0.05) is 25.5 Å². The zero-order valence-electron chi connectivity index (χ0n) is 13.8. The minimum atomic E-state index is -0.251. The van der Waals surface area contributed by atoms with E-state index in [1.807, 2.05) is 36.2 Å². The second kappa shape index (κ2) is 5.29. The summed E-state index contributed by atoms with van der Waals surface area (Å²) in [7, 11) is 1.81. The van der Waals surface area contributed by atoms with Crippen LogP contribution in [0.2, 0.25) is 0 Å². The highest BCUT2D eigenvalue weighted by Gasteiger charge is 2.28. The largest absolute Gasteiger partial charge is 0.297 e. The Morgan fingerprint density at radius 3 is 2.79 bits per heavy atom. The number of aryl methyl sites for hydroxylation is 3. The lowest BCUT2D eigenvalue weighted by Crippen LogP contribution is -2.19. The molecule has 9 nitrogen and oxygen atoms in total. The van der Waals surface area contributed by atoms with E-state index in [9.17, 15) is 4.79 Å². The standard InChI is InChI=1S/C15H18N8O/c1-9-12(14(21(3)20-9)22-7-6-16-10(22)2)13(24)18-15-19-17-8-23(15)11-4-5-11/h6-8,11H,4-5H2,1-3H3,(H,18,19,24). The van der Waals surface area contributed by atoms with Crippen molar-refractivity contribution < 1.29 is 4.79 Å². The zero-order chi connectivity index (χ0) is 16.8. The fraction of sp³-hybridized carbons (Fsp3) is 0.400. The normalized spacial score (nSPS) is 14.1. The monoisotopic (exact) mass is 326 g/mol. The molecule has 1 fully saturated rings. The highest BCUT2D eigenvalue weighted by Crippen LogP contribution is 2.36. The van der Waals surface area contributed by atoms with E-state index in [1.165, 1.54) is 0 Å². The first-order chi connectivity index (χ1) is 11.6. The fourth-order valence-corrected chi connectivity index (χ4v) is 2.91. The van der Waals surface area contributed by atoms with E-state index in [2.05, 4.69) is 25.6 Å². The lowest BCUT2D eigenvalue weighted by Gasteiger charge is -2.10. The number of imidazole rings is 1. The summed E-state index contributed by atoms with van der Waals surface area (Å²) < 4.78 is 5.44. The molecule has 124 valence electrons. The number of nitrogens with zero attached hydrogens (tertiary/aromatic N) is 7. The molecule has 0 saturated heterocycles. The van der Waals surface area contributed by atoms with Gasteiger partial charge in [-0.3, -0.25) is 23.9 Å². The molecule has 0 atom stereocenters. The fourth-order valence-electron chi connectivity index (χ4n) is 2.91. The quantitative estimate of drug-likeness (QED) is 0.782. The van der Waals surface area contributed by atoms with Gasteiger partial charge in [-0.2, -0.15) is 5.10 Å². The third kappa shape index (κ3) is 2.29. The van der Waals surface area contributed by atoms with Crippen molar-refractivity contribution in [2.45, 2.75) is 32.7 Å². The molecular weight excluding hydrogens is 308 g/mol. The molecule has 0 spiro atoms. The van der Waals surface area contributed by atoms with Crippen molar-refractivity contribution in [3.8, 4) is 5.82 Å². The van der Waals surface area contributed by atoms with Gasteiger partial charge >= 0.3 is 0 Å². The average molecular weight is 326 g/mol. The molecule has 0 aliphatic heterocycles. The van der Waals surface area contributed by atoms with Crippen molar-refractivity contribution in [3.05, 3.63) is 35.8 Å². The molecule has 0 radical (unpaired) electrons. The van der Waals surface area contributed by atoms with Crippen LogP contribution in [-0.2, 0) is 7.05 Å². The van der Waals surface area contributed by atoms with Gasteiger partial charge in [-0.1, -0.05) is 0 Å². The summed E-state index contributed by atoms with van der Waals surface area (Å²) in [6.07, 6.45) is 7.35. The number of carbonyl (C=O) groups excluding carboxylic acids is 1. The van der Waals surface area contributed by atoms with Gasteiger partial charge in [-0.25, -0.2) is 4.98 Å². The molecule has 4 rings (SSSR count). The average Bonchev–Trinajstić information content (AvgIpc) is 3.00. The first-order valence-electron chi connectivity index (χ1n) is 7.81. The van der Waals surface area contributed by atoms with E-state index in [0.717, 1.165) is 18.7 Å². The van der Waals surface area contributed by atoms with Crippen LogP contribution in [0.3, 0.4) is 0 Å². The van der Waals surface area contributed by atoms with Gasteiger partial charge in [-0.05, 0) is 26.7 Å². The Balaban J connectivity index is 1.72. The number of carbonyl (C=O) groups is 1. The van der Waals surface area contributed by atoms with E-state index < -0.39 is 0 Å². The summed E-state index contributed by atoms with van der Waals surface area (Å²) in [4.78, 5) is 17.1.